The molecule has 9 heteroatoms. The van der Waals surface area contributed by atoms with E-state index in [2.05, 4.69) is 20.1 Å². The summed E-state index contributed by atoms with van der Waals surface area (Å²) in [4.78, 5) is 42.0. The van der Waals surface area contributed by atoms with Gasteiger partial charge in [-0.05, 0) is 20.4 Å². The SMILES string of the molecule is CCN.CCNC(=O)CC(=O)NCC.COC(=O)CC(=O)OC. The zero-order chi connectivity index (χ0) is 18.7. The van der Waals surface area contributed by atoms with Crippen molar-refractivity contribution in [3.8, 4) is 0 Å². The molecule has 2 amide bonds. The number of nitrogens with two attached hydrogens (primary N) is 1. The van der Waals surface area contributed by atoms with Crippen LogP contribution in [0, 0.1) is 0 Å². The molecule has 136 valence electrons. The summed E-state index contributed by atoms with van der Waals surface area (Å²) in [6.07, 6.45) is -0.380. The van der Waals surface area contributed by atoms with Gasteiger partial charge in [-0.3, -0.25) is 19.2 Å². The molecule has 0 aliphatic rings. The summed E-state index contributed by atoms with van der Waals surface area (Å²) in [5.41, 5.74) is 4.85. The number of ether oxygens (including phenoxy) is 2. The number of nitrogens with one attached hydrogen (secondary N) is 2. The first-order valence-electron chi connectivity index (χ1n) is 7.19. The lowest BCUT2D eigenvalue weighted by molar-refractivity contribution is -0.151. The van der Waals surface area contributed by atoms with Crippen LogP contribution < -0.4 is 16.4 Å². The molecule has 0 rings (SSSR count). The van der Waals surface area contributed by atoms with Gasteiger partial charge in [-0.1, -0.05) is 6.92 Å². The maximum Gasteiger partial charge on any atom is 0.316 e. The Hall–Kier alpha value is -2.16. The summed E-state index contributed by atoms with van der Waals surface area (Å²) in [5, 5.41) is 5.07. The Bertz CT molecular complexity index is 317. The molecule has 23 heavy (non-hydrogen) atoms. The summed E-state index contributed by atoms with van der Waals surface area (Å²) in [5.74, 6) is -1.61. The standard InChI is InChI=1S/C7H14N2O2.C5H8O4.C2H7N/c1-3-8-6(10)5-7(11)9-4-2;1-8-4(6)3-5(7)9-2;1-2-3/h3-5H2,1-2H3,(H,8,10)(H,9,11);3H2,1-2H3;2-3H2,1H3. The molecule has 0 saturated carbocycles. The lowest BCUT2D eigenvalue weighted by Crippen LogP contribution is -2.31. The van der Waals surface area contributed by atoms with Gasteiger partial charge in [0.2, 0.25) is 11.8 Å². The second-order valence-corrected chi connectivity index (χ2v) is 3.82. The molecule has 0 spiro atoms. The molecule has 0 aliphatic carbocycles. The van der Waals surface area contributed by atoms with Gasteiger partial charge in [-0.15, -0.1) is 0 Å². The minimum absolute atomic E-state index is 0.0678. The van der Waals surface area contributed by atoms with Crippen LogP contribution in [0.1, 0.15) is 33.6 Å². The predicted octanol–water partition coefficient (Wildman–Crippen LogP) is -0.664. The Balaban J connectivity index is -0.000000301. The van der Waals surface area contributed by atoms with Crippen molar-refractivity contribution in [2.75, 3.05) is 33.9 Å². The fourth-order valence-electron chi connectivity index (χ4n) is 0.927. The maximum absolute atomic E-state index is 10.8. The molecule has 0 heterocycles. The van der Waals surface area contributed by atoms with Gasteiger partial charge >= 0.3 is 11.9 Å². The van der Waals surface area contributed by atoms with E-state index in [1.807, 2.05) is 20.8 Å². The van der Waals surface area contributed by atoms with Crippen molar-refractivity contribution in [1.82, 2.24) is 10.6 Å². The van der Waals surface area contributed by atoms with E-state index in [4.69, 9.17) is 5.73 Å². The smallest absolute Gasteiger partial charge is 0.316 e. The maximum atomic E-state index is 10.8. The second-order valence-electron chi connectivity index (χ2n) is 3.82. The number of carbonyl (C=O) groups is 4. The Morgan fingerprint density at radius 2 is 1.09 bits per heavy atom. The average Bonchev–Trinajstić information content (AvgIpc) is 2.48. The minimum atomic E-state index is -0.582. The van der Waals surface area contributed by atoms with E-state index in [0.717, 1.165) is 6.54 Å². The number of rotatable bonds is 6. The fraction of sp³-hybridized carbons (Fsp3) is 0.714. The van der Waals surface area contributed by atoms with Gasteiger partial charge in [0.25, 0.3) is 0 Å². The highest BCUT2D eigenvalue weighted by Gasteiger charge is 2.07. The molecule has 0 fully saturated rings. The van der Waals surface area contributed by atoms with Gasteiger partial charge in [0.1, 0.15) is 12.8 Å². The van der Waals surface area contributed by atoms with Crippen LogP contribution in [0.25, 0.3) is 0 Å². The zero-order valence-electron chi connectivity index (χ0n) is 14.6. The van der Waals surface area contributed by atoms with Crippen LogP contribution in [0.3, 0.4) is 0 Å². The third kappa shape index (κ3) is 25.2. The van der Waals surface area contributed by atoms with Crippen molar-refractivity contribution in [2.24, 2.45) is 5.73 Å². The van der Waals surface area contributed by atoms with Crippen molar-refractivity contribution < 1.29 is 28.7 Å². The van der Waals surface area contributed by atoms with Gasteiger partial charge in [0.05, 0.1) is 14.2 Å². The van der Waals surface area contributed by atoms with Gasteiger partial charge in [0.15, 0.2) is 0 Å². The lowest BCUT2D eigenvalue weighted by atomic mass is 10.4. The Morgan fingerprint density at radius 1 is 0.783 bits per heavy atom. The van der Waals surface area contributed by atoms with E-state index in [1.165, 1.54) is 14.2 Å². The van der Waals surface area contributed by atoms with Crippen LogP contribution in [0.15, 0.2) is 0 Å². The molecule has 0 atom stereocenters. The quantitative estimate of drug-likeness (QED) is 0.432. The number of hydrogen-bond acceptors (Lipinski definition) is 7. The first-order valence-corrected chi connectivity index (χ1v) is 7.19. The van der Waals surface area contributed by atoms with E-state index in [1.54, 1.807) is 0 Å². The molecule has 0 radical (unpaired) electrons. The monoisotopic (exact) mass is 335 g/mol. The summed E-state index contributed by atoms with van der Waals surface area (Å²) in [7, 11) is 2.43. The minimum Gasteiger partial charge on any atom is -0.469 e. The highest BCUT2D eigenvalue weighted by molar-refractivity contribution is 5.96. The molecule has 0 aromatic rings. The molecule has 0 unspecified atom stereocenters. The molecule has 9 nitrogen and oxygen atoms in total. The van der Waals surface area contributed by atoms with E-state index in [-0.39, 0.29) is 24.7 Å². The molecule has 0 saturated heterocycles. The van der Waals surface area contributed by atoms with Crippen LogP contribution in [0.4, 0.5) is 0 Å². The van der Waals surface area contributed by atoms with Crippen molar-refractivity contribution in [2.45, 2.75) is 33.6 Å². The Kier molecular flexibility index (Phi) is 22.2. The van der Waals surface area contributed by atoms with E-state index in [9.17, 15) is 19.2 Å². The van der Waals surface area contributed by atoms with E-state index < -0.39 is 11.9 Å². The number of carbonyl (C=O) groups excluding carboxylic acids is 4. The van der Waals surface area contributed by atoms with E-state index in [0.29, 0.717) is 13.1 Å². The molecule has 4 N–H and O–H groups in total. The summed E-state index contributed by atoms with van der Waals surface area (Å²) < 4.78 is 8.37. The molecule has 0 aromatic carbocycles. The normalized spacial score (nSPS) is 8.26. The van der Waals surface area contributed by atoms with Gasteiger partial charge in [0, 0.05) is 13.1 Å². The van der Waals surface area contributed by atoms with Crippen LogP contribution in [-0.2, 0) is 28.7 Å². The lowest BCUT2D eigenvalue weighted by Gasteiger charge is -2.01. The largest absolute Gasteiger partial charge is 0.469 e. The first-order chi connectivity index (χ1) is 10.8. The molecule has 0 aliphatic heterocycles. The number of hydrogen-bond donors (Lipinski definition) is 3. The van der Waals surface area contributed by atoms with Crippen LogP contribution in [-0.4, -0.2) is 57.6 Å². The fourth-order valence-corrected chi connectivity index (χ4v) is 0.927. The topological polar surface area (TPSA) is 137 Å². The van der Waals surface area contributed by atoms with E-state index >= 15 is 0 Å². The van der Waals surface area contributed by atoms with Crippen molar-refractivity contribution in [3.63, 3.8) is 0 Å². The van der Waals surface area contributed by atoms with Crippen LogP contribution in [0.5, 0.6) is 0 Å². The number of methoxy groups -OCH3 is 2. The zero-order valence-corrected chi connectivity index (χ0v) is 14.6. The number of esters is 2. The summed E-state index contributed by atoms with van der Waals surface area (Å²) in [6.45, 7) is 7.42. The van der Waals surface area contributed by atoms with Crippen LogP contribution in [0.2, 0.25) is 0 Å². The third-order valence-electron chi connectivity index (χ3n) is 1.81. The third-order valence-corrected chi connectivity index (χ3v) is 1.81. The first kappa shape index (κ1) is 25.8. The summed E-state index contributed by atoms with van der Waals surface area (Å²) in [6, 6.07) is 0. The molecular formula is C14H29N3O6. The highest BCUT2D eigenvalue weighted by atomic mass is 16.5. The average molecular weight is 335 g/mol. The second kappa shape index (κ2) is 19.8. The van der Waals surface area contributed by atoms with Crippen molar-refractivity contribution in [3.05, 3.63) is 0 Å². The van der Waals surface area contributed by atoms with Crippen molar-refractivity contribution in [1.29, 1.82) is 0 Å². The summed E-state index contributed by atoms with van der Waals surface area (Å²) >= 11 is 0. The van der Waals surface area contributed by atoms with Crippen molar-refractivity contribution >= 4 is 23.8 Å². The predicted molar refractivity (Wildman–Crippen MR) is 85.4 cm³/mol. The Labute approximate surface area is 137 Å². The Morgan fingerprint density at radius 3 is 1.30 bits per heavy atom. The molecule has 0 aromatic heterocycles. The molecule has 0 bridgehead atoms. The highest BCUT2D eigenvalue weighted by Crippen LogP contribution is 1.85. The van der Waals surface area contributed by atoms with Crippen LogP contribution >= 0.6 is 0 Å². The van der Waals surface area contributed by atoms with Gasteiger partial charge in [-0.2, -0.15) is 0 Å². The number of amides is 2. The van der Waals surface area contributed by atoms with Gasteiger partial charge in [-0.25, -0.2) is 0 Å². The van der Waals surface area contributed by atoms with Gasteiger partial charge < -0.3 is 25.8 Å². The molecular weight excluding hydrogens is 306 g/mol.